The molecule has 0 aromatic heterocycles. The maximum Gasteiger partial charge on any atom is 0.0991 e. The molecule has 0 spiro atoms. The topological polar surface area (TPSA) is 44.0 Å². The number of hydrogen-bond acceptors (Lipinski definition) is 2. The Balaban J connectivity index is 2.08. The van der Waals surface area contributed by atoms with Crippen molar-refractivity contribution >= 4 is 0 Å². The average Bonchev–Trinajstić information content (AvgIpc) is 2.47. The maximum atomic E-state index is 10.3. The second-order valence-electron chi connectivity index (χ2n) is 6.40. The van der Waals surface area contributed by atoms with Crippen molar-refractivity contribution in [3.05, 3.63) is 70.8 Å². The molecule has 1 unspecified atom stereocenters. The van der Waals surface area contributed by atoms with Crippen LogP contribution >= 0.6 is 0 Å². The summed E-state index contributed by atoms with van der Waals surface area (Å²) < 4.78 is 0. The van der Waals surface area contributed by atoms with Gasteiger partial charge in [0.1, 0.15) is 0 Å². The third kappa shape index (κ3) is 3.93. The highest BCUT2D eigenvalue weighted by Gasteiger charge is 2.14. The normalized spacial score (nSPS) is 12.7. The monoisotopic (exact) mass is 279 g/mol. The Bertz CT molecular complexity index is 627. The van der Waals surface area contributed by atoms with Crippen LogP contribution in [0.15, 0.2) is 48.5 Å². The van der Waals surface area contributed by atoms with E-state index in [0.29, 0.717) is 12.0 Å². The smallest absolute Gasteiger partial charge is 0.0991 e. The summed E-state index contributed by atoms with van der Waals surface area (Å²) in [5.74, 6) is 0. The lowest BCUT2D eigenvalue weighted by Crippen LogP contribution is -2.11. The number of nitriles is 1. The zero-order chi connectivity index (χ0) is 15.5. The molecule has 0 fully saturated rings. The molecule has 108 valence electrons. The van der Waals surface area contributed by atoms with E-state index in [0.717, 1.165) is 11.1 Å². The summed E-state index contributed by atoms with van der Waals surface area (Å²) >= 11 is 0. The summed E-state index contributed by atoms with van der Waals surface area (Å²) in [6.07, 6.45) is 0.0364. The van der Waals surface area contributed by atoms with Gasteiger partial charge in [0.15, 0.2) is 0 Å². The molecule has 2 heteroatoms. The minimum Gasteiger partial charge on any atom is -0.388 e. The number of aliphatic hydroxyl groups excluding tert-OH is 1. The molecule has 0 heterocycles. The van der Waals surface area contributed by atoms with Crippen molar-refractivity contribution in [2.75, 3.05) is 0 Å². The van der Waals surface area contributed by atoms with E-state index in [2.05, 4.69) is 51.1 Å². The van der Waals surface area contributed by atoms with Crippen LogP contribution in [0.4, 0.5) is 0 Å². The molecule has 2 aromatic carbocycles. The summed E-state index contributed by atoms with van der Waals surface area (Å²) in [5.41, 5.74) is 4.00. The second kappa shape index (κ2) is 6.11. The number of benzene rings is 2. The van der Waals surface area contributed by atoms with Crippen molar-refractivity contribution in [3.8, 4) is 6.07 Å². The van der Waals surface area contributed by atoms with Crippen molar-refractivity contribution in [1.82, 2.24) is 0 Å². The van der Waals surface area contributed by atoms with Gasteiger partial charge >= 0.3 is 0 Å². The SMILES string of the molecule is CC(C)(C)c1ccc(CC(O)c2ccc(C#N)cc2)cc1. The van der Waals surface area contributed by atoms with E-state index >= 15 is 0 Å². The van der Waals surface area contributed by atoms with E-state index in [1.165, 1.54) is 5.56 Å². The van der Waals surface area contributed by atoms with Crippen molar-refractivity contribution in [3.63, 3.8) is 0 Å². The minimum atomic E-state index is -0.543. The third-order valence-corrected chi connectivity index (χ3v) is 3.67. The van der Waals surface area contributed by atoms with Gasteiger partial charge in [0.25, 0.3) is 0 Å². The largest absolute Gasteiger partial charge is 0.388 e. The average molecular weight is 279 g/mol. The van der Waals surface area contributed by atoms with Gasteiger partial charge in [-0.25, -0.2) is 0 Å². The molecular weight excluding hydrogens is 258 g/mol. The van der Waals surface area contributed by atoms with Gasteiger partial charge in [-0.3, -0.25) is 0 Å². The maximum absolute atomic E-state index is 10.3. The van der Waals surface area contributed by atoms with Crippen LogP contribution in [0.5, 0.6) is 0 Å². The Hall–Kier alpha value is -2.11. The molecule has 2 nitrogen and oxygen atoms in total. The first-order chi connectivity index (χ1) is 9.90. The second-order valence-corrected chi connectivity index (χ2v) is 6.40. The molecule has 0 amide bonds. The Labute approximate surface area is 126 Å². The Morgan fingerprint density at radius 3 is 2.05 bits per heavy atom. The zero-order valence-corrected chi connectivity index (χ0v) is 12.8. The first-order valence-electron chi connectivity index (χ1n) is 7.18. The zero-order valence-electron chi connectivity index (χ0n) is 12.8. The fraction of sp³-hybridized carbons (Fsp3) is 0.316. The molecule has 0 bridgehead atoms. The van der Waals surface area contributed by atoms with E-state index in [1.807, 2.05) is 12.1 Å². The van der Waals surface area contributed by atoms with Gasteiger partial charge in [-0.1, -0.05) is 57.2 Å². The standard InChI is InChI=1S/C19H21NO/c1-19(2,3)17-10-6-14(7-11-17)12-18(21)16-8-4-15(13-20)5-9-16/h4-11,18,21H,12H2,1-3H3. The van der Waals surface area contributed by atoms with Gasteiger partial charge in [-0.05, 0) is 34.2 Å². The first-order valence-corrected chi connectivity index (χ1v) is 7.18. The Morgan fingerprint density at radius 1 is 1.00 bits per heavy atom. The highest BCUT2D eigenvalue weighted by molar-refractivity contribution is 5.33. The van der Waals surface area contributed by atoms with Crippen LogP contribution in [0.1, 0.15) is 49.1 Å². The summed E-state index contributed by atoms with van der Waals surface area (Å²) in [5, 5.41) is 19.1. The highest BCUT2D eigenvalue weighted by Crippen LogP contribution is 2.24. The summed E-state index contributed by atoms with van der Waals surface area (Å²) in [6, 6.07) is 17.6. The molecule has 1 N–H and O–H groups in total. The van der Waals surface area contributed by atoms with Gasteiger partial charge in [0.05, 0.1) is 17.7 Å². The van der Waals surface area contributed by atoms with Crippen LogP contribution in [0.2, 0.25) is 0 Å². The van der Waals surface area contributed by atoms with Crippen LogP contribution < -0.4 is 0 Å². The van der Waals surface area contributed by atoms with Gasteiger partial charge < -0.3 is 5.11 Å². The minimum absolute atomic E-state index is 0.143. The molecule has 0 aliphatic heterocycles. The lowest BCUT2D eigenvalue weighted by atomic mass is 9.86. The van der Waals surface area contributed by atoms with Crippen LogP contribution in [0, 0.1) is 11.3 Å². The van der Waals surface area contributed by atoms with Gasteiger partial charge in [-0.15, -0.1) is 0 Å². The van der Waals surface area contributed by atoms with Gasteiger partial charge in [-0.2, -0.15) is 5.26 Å². The fourth-order valence-electron chi connectivity index (χ4n) is 2.26. The summed E-state index contributed by atoms with van der Waals surface area (Å²) in [7, 11) is 0. The van der Waals surface area contributed by atoms with Gasteiger partial charge in [0.2, 0.25) is 0 Å². The lowest BCUT2D eigenvalue weighted by molar-refractivity contribution is 0.178. The quantitative estimate of drug-likeness (QED) is 0.918. The molecule has 2 rings (SSSR count). The molecular formula is C19H21NO. The predicted octanol–water partition coefficient (Wildman–Crippen LogP) is 4.13. The van der Waals surface area contributed by atoms with E-state index in [4.69, 9.17) is 5.26 Å². The van der Waals surface area contributed by atoms with E-state index in [-0.39, 0.29) is 5.41 Å². The molecule has 0 saturated carbocycles. The van der Waals surface area contributed by atoms with Crippen LogP contribution in [0.25, 0.3) is 0 Å². The third-order valence-electron chi connectivity index (χ3n) is 3.67. The predicted molar refractivity (Wildman–Crippen MR) is 85.0 cm³/mol. The van der Waals surface area contributed by atoms with Crippen LogP contribution in [-0.2, 0) is 11.8 Å². The van der Waals surface area contributed by atoms with Gasteiger partial charge in [0, 0.05) is 6.42 Å². The molecule has 0 radical (unpaired) electrons. The fourth-order valence-corrected chi connectivity index (χ4v) is 2.26. The van der Waals surface area contributed by atoms with Crippen molar-refractivity contribution < 1.29 is 5.11 Å². The molecule has 2 aromatic rings. The summed E-state index contributed by atoms with van der Waals surface area (Å²) in [6.45, 7) is 6.56. The Morgan fingerprint density at radius 2 is 1.57 bits per heavy atom. The van der Waals surface area contributed by atoms with Crippen molar-refractivity contribution in [2.45, 2.75) is 38.7 Å². The lowest BCUT2D eigenvalue weighted by Gasteiger charge is -2.19. The molecule has 0 aliphatic carbocycles. The number of nitrogens with zero attached hydrogens (tertiary/aromatic N) is 1. The number of hydrogen-bond donors (Lipinski definition) is 1. The van der Waals surface area contributed by atoms with E-state index in [9.17, 15) is 5.11 Å². The van der Waals surface area contributed by atoms with Crippen LogP contribution in [-0.4, -0.2) is 5.11 Å². The molecule has 1 atom stereocenters. The van der Waals surface area contributed by atoms with E-state index in [1.54, 1.807) is 12.1 Å². The summed E-state index contributed by atoms with van der Waals surface area (Å²) in [4.78, 5) is 0. The highest BCUT2D eigenvalue weighted by atomic mass is 16.3. The van der Waals surface area contributed by atoms with Crippen molar-refractivity contribution in [1.29, 1.82) is 5.26 Å². The number of aliphatic hydroxyl groups is 1. The molecule has 0 aliphatic rings. The first kappa shape index (κ1) is 15.3. The molecule has 21 heavy (non-hydrogen) atoms. The van der Waals surface area contributed by atoms with E-state index < -0.39 is 6.10 Å². The van der Waals surface area contributed by atoms with Crippen molar-refractivity contribution in [2.24, 2.45) is 0 Å². The Kier molecular flexibility index (Phi) is 4.45. The number of rotatable bonds is 3. The van der Waals surface area contributed by atoms with Crippen LogP contribution in [0.3, 0.4) is 0 Å². The molecule has 0 saturated heterocycles.